The zero-order valence-corrected chi connectivity index (χ0v) is 10.3. The van der Waals surface area contributed by atoms with Crippen molar-refractivity contribution in [2.75, 3.05) is 0 Å². The lowest BCUT2D eigenvalue weighted by molar-refractivity contribution is -0.159. The van der Waals surface area contributed by atoms with E-state index in [1.165, 1.54) is 0 Å². The molecule has 1 aliphatic rings. The molecular formula is C13H22O2. The lowest BCUT2D eigenvalue weighted by Gasteiger charge is -2.33. The van der Waals surface area contributed by atoms with Crippen molar-refractivity contribution in [3.63, 3.8) is 0 Å². The van der Waals surface area contributed by atoms with Crippen molar-refractivity contribution in [1.29, 1.82) is 0 Å². The maximum atomic E-state index is 11.6. The average molecular weight is 210 g/mol. The number of carbonyl (C=O) groups is 1. The summed E-state index contributed by atoms with van der Waals surface area (Å²) in [5.74, 6) is 0.800. The van der Waals surface area contributed by atoms with Crippen molar-refractivity contribution >= 4 is 5.97 Å². The normalized spacial score (nSPS) is 30.6. The minimum atomic E-state index is -0.241. The zero-order valence-electron chi connectivity index (χ0n) is 10.3. The van der Waals surface area contributed by atoms with E-state index in [0.29, 0.717) is 17.4 Å². The molecule has 2 atom stereocenters. The van der Waals surface area contributed by atoms with E-state index in [4.69, 9.17) is 4.74 Å². The number of hydrogen-bond acceptors (Lipinski definition) is 2. The molecule has 0 aromatic heterocycles. The molecule has 0 spiro atoms. The van der Waals surface area contributed by atoms with Crippen molar-refractivity contribution in [2.24, 2.45) is 11.8 Å². The largest absolute Gasteiger partial charge is 0.455 e. The van der Waals surface area contributed by atoms with Gasteiger partial charge in [0.05, 0.1) is 0 Å². The van der Waals surface area contributed by atoms with Crippen molar-refractivity contribution in [3.8, 4) is 0 Å². The first kappa shape index (κ1) is 12.3. The monoisotopic (exact) mass is 210 g/mol. The molecule has 86 valence electrons. The number of hydrogen-bond donors (Lipinski definition) is 0. The molecule has 2 unspecified atom stereocenters. The van der Waals surface area contributed by atoms with Crippen molar-refractivity contribution in [3.05, 3.63) is 12.2 Å². The Morgan fingerprint density at radius 2 is 2.13 bits per heavy atom. The Balaban J connectivity index is 2.75. The highest BCUT2D eigenvalue weighted by atomic mass is 16.6. The van der Waals surface area contributed by atoms with Crippen molar-refractivity contribution in [1.82, 2.24) is 0 Å². The lowest BCUT2D eigenvalue weighted by Crippen LogP contribution is -2.38. The molecule has 1 rings (SSSR count). The molecule has 1 fully saturated rings. The van der Waals surface area contributed by atoms with E-state index in [-0.39, 0.29) is 11.6 Å². The molecule has 0 bridgehead atoms. The van der Waals surface area contributed by atoms with E-state index in [1.807, 2.05) is 0 Å². The van der Waals surface area contributed by atoms with Gasteiger partial charge in [0.15, 0.2) is 0 Å². The fraction of sp³-hybridized carbons (Fsp3) is 0.769. The second kappa shape index (κ2) is 4.38. The van der Waals surface area contributed by atoms with E-state index < -0.39 is 0 Å². The van der Waals surface area contributed by atoms with Gasteiger partial charge in [-0.2, -0.15) is 0 Å². The smallest absolute Gasteiger partial charge is 0.333 e. The SMILES string of the molecule is C=C(C)C(=O)OC1(C(C)C)CCC(C)C1. The molecule has 15 heavy (non-hydrogen) atoms. The second-order valence-corrected chi connectivity index (χ2v) is 5.24. The third-order valence-corrected chi connectivity index (χ3v) is 3.45. The van der Waals surface area contributed by atoms with E-state index in [9.17, 15) is 4.79 Å². The molecule has 0 radical (unpaired) electrons. The number of rotatable bonds is 3. The Hall–Kier alpha value is -0.790. The van der Waals surface area contributed by atoms with Crippen LogP contribution in [0, 0.1) is 11.8 Å². The van der Waals surface area contributed by atoms with Crippen LogP contribution in [0.5, 0.6) is 0 Å². The maximum absolute atomic E-state index is 11.6. The van der Waals surface area contributed by atoms with Gasteiger partial charge in [-0.3, -0.25) is 0 Å². The molecule has 0 aliphatic heterocycles. The van der Waals surface area contributed by atoms with Crippen LogP contribution in [0.15, 0.2) is 12.2 Å². The molecule has 0 amide bonds. The summed E-state index contributed by atoms with van der Waals surface area (Å²) in [5, 5.41) is 0. The van der Waals surface area contributed by atoms with E-state index in [0.717, 1.165) is 19.3 Å². The molecule has 0 N–H and O–H groups in total. The van der Waals surface area contributed by atoms with Crippen LogP contribution in [0.1, 0.15) is 47.0 Å². The average Bonchev–Trinajstić information content (AvgIpc) is 2.48. The summed E-state index contributed by atoms with van der Waals surface area (Å²) < 4.78 is 5.65. The van der Waals surface area contributed by atoms with Gasteiger partial charge < -0.3 is 4.74 Å². The number of carbonyl (C=O) groups excluding carboxylic acids is 1. The van der Waals surface area contributed by atoms with Gasteiger partial charge >= 0.3 is 5.97 Å². The third kappa shape index (κ3) is 2.61. The molecule has 0 saturated heterocycles. The summed E-state index contributed by atoms with van der Waals surface area (Å²) in [6, 6.07) is 0. The fourth-order valence-corrected chi connectivity index (χ4v) is 2.29. The van der Waals surface area contributed by atoms with Gasteiger partial charge in [0.1, 0.15) is 5.60 Å². The van der Waals surface area contributed by atoms with Crippen LogP contribution in [-0.4, -0.2) is 11.6 Å². The zero-order chi connectivity index (χ0) is 11.6. The van der Waals surface area contributed by atoms with E-state index >= 15 is 0 Å². The van der Waals surface area contributed by atoms with Crippen molar-refractivity contribution in [2.45, 2.75) is 52.6 Å². The molecular weight excluding hydrogens is 188 g/mol. The lowest BCUT2D eigenvalue weighted by atomic mass is 9.87. The van der Waals surface area contributed by atoms with Gasteiger partial charge in [-0.05, 0) is 38.0 Å². The number of esters is 1. The molecule has 2 heteroatoms. The highest BCUT2D eigenvalue weighted by molar-refractivity contribution is 5.87. The first-order chi connectivity index (χ1) is 6.87. The van der Waals surface area contributed by atoms with Gasteiger partial charge in [0, 0.05) is 5.57 Å². The Morgan fingerprint density at radius 1 is 1.53 bits per heavy atom. The van der Waals surface area contributed by atoms with Crippen molar-refractivity contribution < 1.29 is 9.53 Å². The molecule has 0 heterocycles. The topological polar surface area (TPSA) is 26.3 Å². The summed E-state index contributed by atoms with van der Waals surface area (Å²) in [7, 11) is 0. The van der Waals surface area contributed by atoms with Gasteiger partial charge in [-0.1, -0.05) is 27.4 Å². The van der Waals surface area contributed by atoms with E-state index in [1.54, 1.807) is 6.92 Å². The van der Waals surface area contributed by atoms with Gasteiger partial charge in [0.2, 0.25) is 0 Å². The first-order valence-electron chi connectivity index (χ1n) is 5.76. The molecule has 1 aliphatic carbocycles. The summed E-state index contributed by atoms with van der Waals surface area (Å²) in [6.07, 6.45) is 3.14. The number of ether oxygens (including phenoxy) is 1. The Bertz CT molecular complexity index is 268. The van der Waals surface area contributed by atoms with Crippen LogP contribution < -0.4 is 0 Å². The van der Waals surface area contributed by atoms with Crippen LogP contribution in [0.25, 0.3) is 0 Å². The maximum Gasteiger partial charge on any atom is 0.333 e. The standard InChI is InChI=1S/C13H22O2/c1-9(2)12(14)15-13(10(3)4)7-6-11(5)8-13/h10-11H,1,6-8H2,2-5H3. The van der Waals surface area contributed by atoms with Gasteiger partial charge in [0.25, 0.3) is 0 Å². The highest BCUT2D eigenvalue weighted by Gasteiger charge is 2.43. The van der Waals surface area contributed by atoms with Crippen LogP contribution in [-0.2, 0) is 9.53 Å². The first-order valence-corrected chi connectivity index (χ1v) is 5.76. The summed E-state index contributed by atoms with van der Waals surface area (Å²) in [5.41, 5.74) is 0.254. The predicted octanol–water partition coefficient (Wildman–Crippen LogP) is 3.32. The van der Waals surface area contributed by atoms with E-state index in [2.05, 4.69) is 27.4 Å². The Labute approximate surface area is 92.7 Å². The Morgan fingerprint density at radius 3 is 2.47 bits per heavy atom. The summed E-state index contributed by atoms with van der Waals surface area (Å²) in [6.45, 7) is 11.8. The minimum absolute atomic E-state index is 0.238. The predicted molar refractivity (Wildman–Crippen MR) is 61.5 cm³/mol. The van der Waals surface area contributed by atoms with Gasteiger partial charge in [-0.15, -0.1) is 0 Å². The molecule has 2 nitrogen and oxygen atoms in total. The summed E-state index contributed by atoms with van der Waals surface area (Å²) in [4.78, 5) is 11.6. The quantitative estimate of drug-likeness (QED) is 0.527. The molecule has 1 saturated carbocycles. The minimum Gasteiger partial charge on any atom is -0.455 e. The van der Waals surface area contributed by atoms with Crippen LogP contribution in [0.3, 0.4) is 0 Å². The molecule has 0 aromatic carbocycles. The highest BCUT2D eigenvalue weighted by Crippen LogP contribution is 2.42. The van der Waals surface area contributed by atoms with Gasteiger partial charge in [-0.25, -0.2) is 4.79 Å². The second-order valence-electron chi connectivity index (χ2n) is 5.24. The van der Waals surface area contributed by atoms with Crippen LogP contribution in [0.2, 0.25) is 0 Å². The Kier molecular flexibility index (Phi) is 3.58. The molecule has 0 aromatic rings. The summed E-state index contributed by atoms with van der Waals surface area (Å²) >= 11 is 0. The van der Waals surface area contributed by atoms with Crippen LogP contribution in [0.4, 0.5) is 0 Å². The van der Waals surface area contributed by atoms with Crippen LogP contribution >= 0.6 is 0 Å². The fourth-order valence-electron chi connectivity index (χ4n) is 2.29. The third-order valence-electron chi connectivity index (χ3n) is 3.45.